The van der Waals surface area contributed by atoms with Crippen molar-refractivity contribution >= 4 is 15.7 Å². The average Bonchev–Trinajstić information content (AvgIpc) is 2.45. The molecular weight excluding hydrogens is 293 g/mol. The number of rotatable bonds is 6. The molecule has 0 amide bonds. The molecule has 0 spiro atoms. The molecule has 0 radical (unpaired) electrons. The molecular formula is C14H16FN3O2S. The predicted molar refractivity (Wildman–Crippen MR) is 78.8 cm³/mol. The summed E-state index contributed by atoms with van der Waals surface area (Å²) in [6, 6.07) is 9.31. The van der Waals surface area contributed by atoms with Gasteiger partial charge in [0.05, 0.1) is 0 Å². The molecule has 0 saturated heterocycles. The molecule has 0 fully saturated rings. The Hall–Kier alpha value is -1.99. The number of nitrogens with zero attached hydrogens (tertiary/aromatic N) is 1. The van der Waals surface area contributed by atoms with Crippen LogP contribution in [0.4, 0.5) is 10.1 Å². The maximum Gasteiger partial charge on any atom is 0.282 e. The smallest absolute Gasteiger partial charge is 0.282 e. The normalized spacial score (nSPS) is 11.3. The molecule has 1 aromatic carbocycles. The summed E-state index contributed by atoms with van der Waals surface area (Å²) < 4.78 is 40.1. The Morgan fingerprint density at radius 1 is 1.24 bits per heavy atom. The SMILES string of the molecule is CCNCc1cccc(NS(=O)(=O)c2ncccc2F)c1. The summed E-state index contributed by atoms with van der Waals surface area (Å²) in [5.41, 5.74) is 1.30. The third kappa shape index (κ3) is 3.99. The van der Waals surface area contributed by atoms with Gasteiger partial charge in [0.15, 0.2) is 5.82 Å². The summed E-state index contributed by atoms with van der Waals surface area (Å²) in [5, 5.41) is 2.54. The van der Waals surface area contributed by atoms with Crippen LogP contribution >= 0.6 is 0 Å². The lowest BCUT2D eigenvalue weighted by molar-refractivity contribution is 0.557. The van der Waals surface area contributed by atoms with Gasteiger partial charge >= 0.3 is 0 Å². The van der Waals surface area contributed by atoms with E-state index in [1.807, 2.05) is 13.0 Å². The van der Waals surface area contributed by atoms with Gasteiger partial charge in [-0.1, -0.05) is 19.1 Å². The Morgan fingerprint density at radius 3 is 2.76 bits per heavy atom. The number of hydrogen-bond acceptors (Lipinski definition) is 4. The summed E-state index contributed by atoms with van der Waals surface area (Å²) >= 11 is 0. The standard InChI is InChI=1S/C14H16FN3O2S/c1-2-16-10-11-5-3-6-12(9-11)18-21(19,20)14-13(15)7-4-8-17-14/h3-9,16,18H,2,10H2,1H3. The van der Waals surface area contributed by atoms with E-state index in [1.165, 1.54) is 12.3 Å². The zero-order valence-electron chi connectivity index (χ0n) is 11.5. The highest BCUT2D eigenvalue weighted by atomic mass is 32.2. The van der Waals surface area contributed by atoms with E-state index >= 15 is 0 Å². The molecule has 1 aromatic heterocycles. The topological polar surface area (TPSA) is 71.1 Å². The third-order valence-corrected chi connectivity index (χ3v) is 4.05. The second-order valence-electron chi connectivity index (χ2n) is 4.38. The van der Waals surface area contributed by atoms with E-state index in [2.05, 4.69) is 15.0 Å². The molecule has 0 aliphatic rings. The molecule has 7 heteroatoms. The minimum atomic E-state index is -4.04. The van der Waals surface area contributed by atoms with E-state index in [4.69, 9.17) is 0 Å². The van der Waals surface area contributed by atoms with E-state index in [9.17, 15) is 12.8 Å². The predicted octanol–water partition coefficient (Wildman–Crippen LogP) is 2.13. The molecule has 1 heterocycles. The number of pyridine rings is 1. The van der Waals surface area contributed by atoms with Crippen molar-refractivity contribution in [2.24, 2.45) is 0 Å². The minimum Gasteiger partial charge on any atom is -0.313 e. The third-order valence-electron chi connectivity index (χ3n) is 2.74. The molecule has 2 aromatic rings. The number of aromatic nitrogens is 1. The number of nitrogens with one attached hydrogen (secondary N) is 2. The van der Waals surface area contributed by atoms with Crippen LogP contribution in [0.5, 0.6) is 0 Å². The monoisotopic (exact) mass is 309 g/mol. The Morgan fingerprint density at radius 2 is 2.05 bits per heavy atom. The highest BCUT2D eigenvalue weighted by Crippen LogP contribution is 2.17. The molecule has 5 nitrogen and oxygen atoms in total. The minimum absolute atomic E-state index is 0.371. The Bertz CT molecular complexity index is 720. The average molecular weight is 309 g/mol. The fraction of sp³-hybridized carbons (Fsp3) is 0.214. The second kappa shape index (κ2) is 6.64. The molecule has 0 bridgehead atoms. The van der Waals surface area contributed by atoms with Crippen LogP contribution in [-0.4, -0.2) is 19.9 Å². The Kier molecular flexibility index (Phi) is 4.87. The first-order chi connectivity index (χ1) is 10.0. The van der Waals surface area contributed by atoms with Gasteiger partial charge in [-0.05, 0) is 36.4 Å². The fourth-order valence-electron chi connectivity index (χ4n) is 1.79. The van der Waals surface area contributed by atoms with Crippen LogP contribution in [0.1, 0.15) is 12.5 Å². The van der Waals surface area contributed by atoms with Crippen LogP contribution in [0, 0.1) is 5.82 Å². The quantitative estimate of drug-likeness (QED) is 0.857. The first-order valence-corrected chi connectivity index (χ1v) is 7.94. The number of anilines is 1. The van der Waals surface area contributed by atoms with Gasteiger partial charge in [0.25, 0.3) is 10.0 Å². The van der Waals surface area contributed by atoms with Crippen LogP contribution in [0.2, 0.25) is 0 Å². The molecule has 112 valence electrons. The lowest BCUT2D eigenvalue weighted by Gasteiger charge is -2.09. The van der Waals surface area contributed by atoms with E-state index < -0.39 is 20.9 Å². The summed E-state index contributed by atoms with van der Waals surface area (Å²) in [6.07, 6.45) is 1.24. The highest BCUT2D eigenvalue weighted by Gasteiger charge is 2.20. The van der Waals surface area contributed by atoms with Crippen LogP contribution in [0.15, 0.2) is 47.6 Å². The number of benzene rings is 1. The Balaban J connectivity index is 2.23. The zero-order chi connectivity index (χ0) is 15.3. The first kappa shape index (κ1) is 15.4. The van der Waals surface area contributed by atoms with E-state index in [-0.39, 0.29) is 0 Å². The van der Waals surface area contributed by atoms with Gasteiger partial charge in [0.1, 0.15) is 0 Å². The van der Waals surface area contributed by atoms with Gasteiger partial charge in [-0.3, -0.25) is 4.72 Å². The van der Waals surface area contributed by atoms with Gasteiger partial charge in [-0.15, -0.1) is 0 Å². The van der Waals surface area contributed by atoms with Gasteiger partial charge < -0.3 is 5.32 Å². The lowest BCUT2D eigenvalue weighted by Crippen LogP contribution is -2.17. The zero-order valence-corrected chi connectivity index (χ0v) is 12.3. The summed E-state index contributed by atoms with van der Waals surface area (Å²) in [5.74, 6) is -0.881. The summed E-state index contributed by atoms with van der Waals surface area (Å²) in [6.45, 7) is 3.43. The van der Waals surface area contributed by atoms with Crippen molar-refractivity contribution in [3.63, 3.8) is 0 Å². The van der Waals surface area contributed by atoms with Crippen molar-refractivity contribution in [3.8, 4) is 0 Å². The van der Waals surface area contributed by atoms with Crippen LogP contribution in [-0.2, 0) is 16.6 Å². The summed E-state index contributed by atoms with van der Waals surface area (Å²) in [7, 11) is -4.04. The van der Waals surface area contributed by atoms with E-state index in [0.717, 1.165) is 18.2 Å². The molecule has 21 heavy (non-hydrogen) atoms. The van der Waals surface area contributed by atoms with Crippen molar-refractivity contribution in [2.45, 2.75) is 18.5 Å². The first-order valence-electron chi connectivity index (χ1n) is 6.46. The molecule has 0 aliphatic carbocycles. The lowest BCUT2D eigenvalue weighted by atomic mass is 10.2. The number of halogens is 1. The van der Waals surface area contributed by atoms with E-state index in [1.54, 1.807) is 18.2 Å². The molecule has 0 aliphatic heterocycles. The van der Waals surface area contributed by atoms with Crippen molar-refractivity contribution in [2.75, 3.05) is 11.3 Å². The van der Waals surface area contributed by atoms with Crippen LogP contribution in [0.25, 0.3) is 0 Å². The van der Waals surface area contributed by atoms with Gasteiger partial charge in [0.2, 0.25) is 5.03 Å². The Labute approximate surface area is 123 Å². The van der Waals surface area contributed by atoms with Gasteiger partial charge in [-0.2, -0.15) is 8.42 Å². The molecule has 0 atom stereocenters. The van der Waals surface area contributed by atoms with Gasteiger partial charge in [0, 0.05) is 18.4 Å². The number of sulfonamides is 1. The second-order valence-corrected chi connectivity index (χ2v) is 5.97. The van der Waals surface area contributed by atoms with Crippen LogP contribution < -0.4 is 10.0 Å². The van der Waals surface area contributed by atoms with Gasteiger partial charge in [-0.25, -0.2) is 9.37 Å². The van der Waals surface area contributed by atoms with E-state index in [0.29, 0.717) is 12.2 Å². The molecule has 2 N–H and O–H groups in total. The highest BCUT2D eigenvalue weighted by molar-refractivity contribution is 7.92. The fourth-order valence-corrected chi connectivity index (χ4v) is 2.84. The molecule has 0 unspecified atom stereocenters. The number of hydrogen-bond donors (Lipinski definition) is 2. The molecule has 2 rings (SSSR count). The summed E-state index contributed by atoms with van der Waals surface area (Å²) in [4.78, 5) is 3.58. The maximum atomic E-state index is 13.5. The van der Waals surface area contributed by atoms with Crippen molar-refractivity contribution in [1.82, 2.24) is 10.3 Å². The maximum absolute atomic E-state index is 13.5. The largest absolute Gasteiger partial charge is 0.313 e. The molecule has 0 saturated carbocycles. The van der Waals surface area contributed by atoms with Crippen molar-refractivity contribution in [1.29, 1.82) is 0 Å². The van der Waals surface area contributed by atoms with Crippen molar-refractivity contribution in [3.05, 3.63) is 54.0 Å². The van der Waals surface area contributed by atoms with Crippen molar-refractivity contribution < 1.29 is 12.8 Å². The van der Waals surface area contributed by atoms with Crippen LogP contribution in [0.3, 0.4) is 0 Å².